The third-order valence-corrected chi connectivity index (χ3v) is 4.37. The molecule has 0 saturated carbocycles. The fourth-order valence-electron chi connectivity index (χ4n) is 2.39. The molecule has 0 radical (unpaired) electrons. The standard InChI is InChI=1S/C16H22BrN3O/c1-4-12-10-16(20(5-2)19-12)15(18)9-11-8-13(21-3)6-7-14(11)17/h6-8,10,15H,4-5,9,18H2,1-3H3. The SMILES string of the molecule is CCc1cc(C(N)Cc2cc(OC)ccc2Br)n(CC)n1. The lowest BCUT2D eigenvalue weighted by Gasteiger charge is -2.15. The van der Waals surface area contributed by atoms with Crippen LogP contribution in [0.5, 0.6) is 5.75 Å². The highest BCUT2D eigenvalue weighted by Crippen LogP contribution is 2.27. The van der Waals surface area contributed by atoms with Crippen molar-refractivity contribution in [3.8, 4) is 5.75 Å². The molecule has 4 nitrogen and oxygen atoms in total. The van der Waals surface area contributed by atoms with Crippen molar-refractivity contribution in [2.24, 2.45) is 5.73 Å². The van der Waals surface area contributed by atoms with Gasteiger partial charge in [0.1, 0.15) is 5.75 Å². The number of methoxy groups -OCH3 is 1. The summed E-state index contributed by atoms with van der Waals surface area (Å²) in [4.78, 5) is 0. The highest BCUT2D eigenvalue weighted by molar-refractivity contribution is 9.10. The van der Waals surface area contributed by atoms with Gasteiger partial charge in [0.15, 0.2) is 0 Å². The number of aromatic nitrogens is 2. The fourth-order valence-corrected chi connectivity index (χ4v) is 2.80. The van der Waals surface area contributed by atoms with E-state index < -0.39 is 0 Å². The lowest BCUT2D eigenvalue weighted by molar-refractivity contribution is 0.414. The predicted octanol–water partition coefficient (Wildman–Crippen LogP) is 3.48. The molecule has 21 heavy (non-hydrogen) atoms. The predicted molar refractivity (Wildman–Crippen MR) is 88.6 cm³/mol. The summed E-state index contributed by atoms with van der Waals surface area (Å²) in [5.41, 5.74) is 9.73. The van der Waals surface area contributed by atoms with Crippen molar-refractivity contribution in [2.45, 2.75) is 39.3 Å². The zero-order chi connectivity index (χ0) is 15.4. The van der Waals surface area contributed by atoms with Gasteiger partial charge in [0, 0.05) is 11.0 Å². The van der Waals surface area contributed by atoms with Gasteiger partial charge in [-0.2, -0.15) is 5.10 Å². The zero-order valence-corrected chi connectivity index (χ0v) is 14.4. The minimum absolute atomic E-state index is 0.0823. The molecule has 0 bridgehead atoms. The Morgan fingerprint density at radius 2 is 2.10 bits per heavy atom. The molecule has 2 N–H and O–H groups in total. The molecule has 1 unspecified atom stereocenters. The third kappa shape index (κ3) is 3.66. The molecule has 1 aromatic heterocycles. The second-order valence-corrected chi connectivity index (χ2v) is 5.85. The van der Waals surface area contributed by atoms with Gasteiger partial charge >= 0.3 is 0 Å². The van der Waals surface area contributed by atoms with E-state index in [0.29, 0.717) is 0 Å². The van der Waals surface area contributed by atoms with Gasteiger partial charge in [-0.15, -0.1) is 0 Å². The summed E-state index contributed by atoms with van der Waals surface area (Å²) in [7, 11) is 1.67. The van der Waals surface area contributed by atoms with Crippen LogP contribution in [-0.4, -0.2) is 16.9 Å². The first-order valence-corrected chi connectivity index (χ1v) is 8.02. The van der Waals surface area contributed by atoms with Crippen LogP contribution in [0.25, 0.3) is 0 Å². The fraction of sp³-hybridized carbons (Fsp3) is 0.438. The molecule has 0 amide bonds. The van der Waals surface area contributed by atoms with Gasteiger partial charge in [0.2, 0.25) is 0 Å². The summed E-state index contributed by atoms with van der Waals surface area (Å²) in [5.74, 6) is 0.846. The first kappa shape index (κ1) is 16.0. The molecule has 2 aromatic rings. The van der Waals surface area contributed by atoms with Gasteiger partial charge in [-0.3, -0.25) is 4.68 Å². The van der Waals surface area contributed by atoms with Gasteiger partial charge < -0.3 is 10.5 Å². The van der Waals surface area contributed by atoms with E-state index >= 15 is 0 Å². The Labute approximate surface area is 134 Å². The molecule has 1 aromatic carbocycles. The minimum Gasteiger partial charge on any atom is -0.497 e. The van der Waals surface area contributed by atoms with Crippen LogP contribution in [0.15, 0.2) is 28.7 Å². The molecule has 5 heteroatoms. The zero-order valence-electron chi connectivity index (χ0n) is 12.8. The van der Waals surface area contributed by atoms with Crippen molar-refractivity contribution in [1.82, 2.24) is 9.78 Å². The minimum atomic E-state index is -0.0823. The van der Waals surface area contributed by atoms with Gasteiger partial charge in [0.25, 0.3) is 0 Å². The summed E-state index contributed by atoms with van der Waals surface area (Å²) < 4.78 is 8.33. The average Bonchev–Trinajstić information content (AvgIpc) is 2.93. The van der Waals surface area contributed by atoms with Gasteiger partial charge in [0.05, 0.1) is 24.5 Å². The van der Waals surface area contributed by atoms with Crippen LogP contribution in [0.3, 0.4) is 0 Å². The first-order chi connectivity index (χ1) is 10.1. The monoisotopic (exact) mass is 351 g/mol. The van der Waals surface area contributed by atoms with Crippen molar-refractivity contribution < 1.29 is 4.74 Å². The molecule has 0 aliphatic carbocycles. The number of aryl methyl sites for hydroxylation is 2. The van der Waals surface area contributed by atoms with Gasteiger partial charge in [-0.25, -0.2) is 0 Å². The molecule has 0 spiro atoms. The third-order valence-electron chi connectivity index (χ3n) is 3.60. The Morgan fingerprint density at radius 1 is 1.33 bits per heavy atom. The van der Waals surface area contributed by atoms with Crippen molar-refractivity contribution in [3.05, 3.63) is 45.7 Å². The molecule has 1 atom stereocenters. The number of rotatable bonds is 6. The van der Waals surface area contributed by atoms with Crippen molar-refractivity contribution >= 4 is 15.9 Å². The van der Waals surface area contributed by atoms with E-state index in [9.17, 15) is 0 Å². The van der Waals surface area contributed by atoms with E-state index in [1.54, 1.807) is 7.11 Å². The molecule has 0 fully saturated rings. The second-order valence-electron chi connectivity index (χ2n) is 5.00. The quantitative estimate of drug-likeness (QED) is 0.866. The number of hydrogen-bond donors (Lipinski definition) is 1. The Hall–Kier alpha value is -1.33. The largest absolute Gasteiger partial charge is 0.497 e. The molecule has 0 aliphatic heterocycles. The number of nitrogens with two attached hydrogens (primary N) is 1. The van der Waals surface area contributed by atoms with E-state index in [1.807, 2.05) is 22.9 Å². The highest BCUT2D eigenvalue weighted by atomic mass is 79.9. The number of halogens is 1. The van der Waals surface area contributed by atoms with Crippen LogP contribution >= 0.6 is 15.9 Å². The van der Waals surface area contributed by atoms with Crippen LogP contribution in [0.1, 0.15) is 36.8 Å². The molecule has 114 valence electrons. The van der Waals surface area contributed by atoms with Crippen LogP contribution in [0.2, 0.25) is 0 Å². The van der Waals surface area contributed by atoms with Crippen LogP contribution in [0.4, 0.5) is 0 Å². The number of benzene rings is 1. The molecule has 2 rings (SSSR count). The number of hydrogen-bond acceptors (Lipinski definition) is 3. The first-order valence-electron chi connectivity index (χ1n) is 7.23. The number of nitrogens with zero attached hydrogens (tertiary/aromatic N) is 2. The van der Waals surface area contributed by atoms with Gasteiger partial charge in [-0.05, 0) is 49.6 Å². The van der Waals surface area contributed by atoms with E-state index in [4.69, 9.17) is 10.5 Å². The molecule has 1 heterocycles. The Balaban J connectivity index is 2.25. The second kappa shape index (κ2) is 7.09. The normalized spacial score (nSPS) is 12.4. The highest BCUT2D eigenvalue weighted by Gasteiger charge is 2.16. The maximum absolute atomic E-state index is 6.41. The average molecular weight is 352 g/mol. The molecule has 0 aliphatic rings. The number of ether oxygens (including phenoxy) is 1. The van der Waals surface area contributed by atoms with Crippen molar-refractivity contribution in [3.63, 3.8) is 0 Å². The lowest BCUT2D eigenvalue weighted by Crippen LogP contribution is -2.18. The van der Waals surface area contributed by atoms with Crippen LogP contribution in [0, 0.1) is 0 Å². The van der Waals surface area contributed by atoms with Crippen LogP contribution in [-0.2, 0) is 19.4 Å². The lowest BCUT2D eigenvalue weighted by atomic mass is 10.0. The van der Waals surface area contributed by atoms with E-state index in [2.05, 4.69) is 40.9 Å². The van der Waals surface area contributed by atoms with E-state index in [1.165, 1.54) is 0 Å². The molecular weight excluding hydrogens is 330 g/mol. The molecule has 0 saturated heterocycles. The smallest absolute Gasteiger partial charge is 0.119 e. The van der Waals surface area contributed by atoms with Crippen molar-refractivity contribution in [1.29, 1.82) is 0 Å². The maximum Gasteiger partial charge on any atom is 0.119 e. The summed E-state index contributed by atoms with van der Waals surface area (Å²) in [6.45, 7) is 5.03. The summed E-state index contributed by atoms with van der Waals surface area (Å²) in [6.07, 6.45) is 1.67. The summed E-state index contributed by atoms with van der Waals surface area (Å²) in [6, 6.07) is 7.99. The van der Waals surface area contributed by atoms with E-state index in [0.717, 1.165) is 46.6 Å². The van der Waals surface area contributed by atoms with Crippen molar-refractivity contribution in [2.75, 3.05) is 7.11 Å². The van der Waals surface area contributed by atoms with Crippen LogP contribution < -0.4 is 10.5 Å². The Bertz CT molecular complexity index is 610. The Kier molecular flexibility index (Phi) is 5.42. The summed E-state index contributed by atoms with van der Waals surface area (Å²) in [5, 5.41) is 4.57. The summed E-state index contributed by atoms with van der Waals surface area (Å²) >= 11 is 3.58. The molecular formula is C16H22BrN3O. The Morgan fingerprint density at radius 3 is 2.71 bits per heavy atom. The topological polar surface area (TPSA) is 53.1 Å². The van der Waals surface area contributed by atoms with E-state index in [-0.39, 0.29) is 6.04 Å². The maximum atomic E-state index is 6.41. The van der Waals surface area contributed by atoms with Gasteiger partial charge in [-0.1, -0.05) is 22.9 Å².